The number of hydrogen-bond donors (Lipinski definition) is 0. The van der Waals surface area contributed by atoms with Crippen LogP contribution in [0.25, 0.3) is 88.7 Å². The highest BCUT2D eigenvalue weighted by molar-refractivity contribution is 6.06. The van der Waals surface area contributed by atoms with Gasteiger partial charge in [0.2, 0.25) is 0 Å². The molecule has 48 heavy (non-hydrogen) atoms. The van der Waals surface area contributed by atoms with Crippen LogP contribution >= 0.6 is 0 Å². The first kappa shape index (κ1) is 27.8. The summed E-state index contributed by atoms with van der Waals surface area (Å²) in [6, 6.07) is 61.7. The molecule has 0 saturated carbocycles. The van der Waals surface area contributed by atoms with E-state index in [2.05, 4.69) is 152 Å². The maximum Gasteiger partial charge on any atom is 0.165 e. The van der Waals surface area contributed by atoms with Gasteiger partial charge in [0.25, 0.3) is 0 Å². The zero-order valence-corrected chi connectivity index (χ0v) is 26.1. The lowest BCUT2D eigenvalue weighted by Gasteiger charge is -2.16. The topological polar surface area (TPSA) is 38.7 Å². The Bertz CT molecular complexity index is 2610. The Balaban J connectivity index is 1.31. The summed E-state index contributed by atoms with van der Waals surface area (Å²) in [4.78, 5) is 15.6. The van der Waals surface area contributed by atoms with Gasteiger partial charge < -0.3 is 0 Å². The third-order valence-electron chi connectivity index (χ3n) is 9.13. The molecule has 0 N–H and O–H groups in total. The van der Waals surface area contributed by atoms with Crippen LogP contribution in [0.4, 0.5) is 0 Å². The van der Waals surface area contributed by atoms with Crippen LogP contribution in [0.3, 0.4) is 0 Å². The fraction of sp³-hybridized carbons (Fsp3) is 0. The molecule has 0 unspecified atom stereocenters. The fourth-order valence-corrected chi connectivity index (χ4v) is 6.80. The van der Waals surface area contributed by atoms with Gasteiger partial charge in [-0.3, -0.25) is 0 Å². The molecule has 9 rings (SSSR count). The maximum absolute atomic E-state index is 5.31. The van der Waals surface area contributed by atoms with Crippen molar-refractivity contribution in [1.82, 2.24) is 15.0 Å². The van der Waals surface area contributed by atoms with Gasteiger partial charge in [0.05, 0.1) is 0 Å². The summed E-state index contributed by atoms with van der Waals surface area (Å²) in [5, 5.41) is 6.95. The summed E-state index contributed by atoms with van der Waals surface area (Å²) < 4.78 is 0. The van der Waals surface area contributed by atoms with E-state index in [4.69, 9.17) is 15.0 Å². The minimum atomic E-state index is 0.644. The lowest BCUT2D eigenvalue weighted by atomic mass is 9.93. The highest BCUT2D eigenvalue weighted by Gasteiger charge is 2.20. The zero-order valence-electron chi connectivity index (χ0n) is 26.1. The standard InChI is InChI=1S/C45H29N3/c1-3-14-31(15-4-1)38-26-25-32-16-9-10-20-37(32)42(38)45-47-43(33-17-5-2-6-18-33)46-44(48-45)41-28-27-36(39-21-11-12-22-40(39)41)35-24-23-30-13-7-8-19-34(30)29-35/h1-29H. The van der Waals surface area contributed by atoms with Gasteiger partial charge in [0.1, 0.15) is 0 Å². The van der Waals surface area contributed by atoms with Crippen LogP contribution in [-0.2, 0) is 0 Å². The maximum atomic E-state index is 5.31. The van der Waals surface area contributed by atoms with Crippen LogP contribution in [0.15, 0.2) is 176 Å². The molecule has 0 aliphatic rings. The van der Waals surface area contributed by atoms with Crippen molar-refractivity contribution in [2.75, 3.05) is 0 Å². The number of hydrogen-bond acceptors (Lipinski definition) is 3. The Kier molecular flexibility index (Phi) is 6.80. The number of fused-ring (bicyclic) bond motifs is 3. The van der Waals surface area contributed by atoms with E-state index in [1.54, 1.807) is 0 Å². The Morgan fingerprint density at radius 1 is 0.271 bits per heavy atom. The second-order valence-corrected chi connectivity index (χ2v) is 12.0. The monoisotopic (exact) mass is 611 g/mol. The summed E-state index contributed by atoms with van der Waals surface area (Å²) in [7, 11) is 0. The minimum Gasteiger partial charge on any atom is -0.208 e. The van der Waals surface area contributed by atoms with E-state index in [0.29, 0.717) is 17.5 Å². The van der Waals surface area contributed by atoms with Crippen molar-refractivity contribution >= 4 is 32.3 Å². The van der Waals surface area contributed by atoms with Gasteiger partial charge >= 0.3 is 0 Å². The second kappa shape index (κ2) is 11.7. The highest BCUT2D eigenvalue weighted by atomic mass is 15.0. The average Bonchev–Trinajstić information content (AvgIpc) is 3.17. The van der Waals surface area contributed by atoms with Crippen molar-refractivity contribution in [1.29, 1.82) is 0 Å². The molecule has 0 radical (unpaired) electrons. The summed E-state index contributed by atoms with van der Waals surface area (Å²) in [5.41, 5.74) is 7.48. The number of nitrogens with zero attached hydrogens (tertiary/aromatic N) is 3. The van der Waals surface area contributed by atoms with Crippen molar-refractivity contribution in [2.45, 2.75) is 0 Å². The van der Waals surface area contributed by atoms with Crippen molar-refractivity contribution in [3.63, 3.8) is 0 Å². The molecule has 1 aromatic heterocycles. The van der Waals surface area contributed by atoms with E-state index in [1.165, 1.54) is 21.9 Å². The minimum absolute atomic E-state index is 0.644. The van der Waals surface area contributed by atoms with Crippen molar-refractivity contribution in [2.24, 2.45) is 0 Å². The molecule has 3 heteroatoms. The first-order valence-corrected chi connectivity index (χ1v) is 16.2. The predicted octanol–water partition coefficient (Wildman–Crippen LogP) is 11.7. The molecule has 0 spiro atoms. The van der Waals surface area contributed by atoms with Crippen molar-refractivity contribution < 1.29 is 0 Å². The van der Waals surface area contributed by atoms with E-state index in [0.717, 1.165) is 49.4 Å². The Morgan fingerprint density at radius 3 is 1.56 bits per heavy atom. The summed E-state index contributed by atoms with van der Waals surface area (Å²) in [5.74, 6) is 1.94. The molecule has 0 saturated heterocycles. The largest absolute Gasteiger partial charge is 0.208 e. The molecule has 0 atom stereocenters. The van der Waals surface area contributed by atoms with Crippen LogP contribution in [0.2, 0.25) is 0 Å². The van der Waals surface area contributed by atoms with Gasteiger partial charge in [-0.1, -0.05) is 164 Å². The van der Waals surface area contributed by atoms with E-state index in [1.807, 2.05) is 24.3 Å². The Hall–Kier alpha value is -6.45. The van der Waals surface area contributed by atoms with Crippen LogP contribution < -0.4 is 0 Å². The third-order valence-corrected chi connectivity index (χ3v) is 9.13. The number of benzene rings is 8. The molecule has 0 aliphatic carbocycles. The summed E-state index contributed by atoms with van der Waals surface area (Å²) in [6.45, 7) is 0. The third kappa shape index (κ3) is 4.90. The Labute approximate surface area is 278 Å². The SMILES string of the molecule is c1ccc(-c2nc(-c3c(-c4ccccc4)ccc4ccccc34)nc(-c3ccc(-c4ccc5ccccc5c4)c4ccccc34)n2)cc1. The second-order valence-electron chi connectivity index (χ2n) is 12.0. The summed E-state index contributed by atoms with van der Waals surface area (Å²) >= 11 is 0. The highest BCUT2D eigenvalue weighted by Crippen LogP contribution is 2.40. The van der Waals surface area contributed by atoms with Gasteiger partial charge in [0.15, 0.2) is 17.5 Å². The van der Waals surface area contributed by atoms with Crippen molar-refractivity contribution in [3.05, 3.63) is 176 Å². The van der Waals surface area contributed by atoms with E-state index >= 15 is 0 Å². The molecule has 224 valence electrons. The molecule has 0 bridgehead atoms. The normalized spacial score (nSPS) is 11.3. The van der Waals surface area contributed by atoms with Crippen LogP contribution in [-0.4, -0.2) is 15.0 Å². The first-order chi connectivity index (χ1) is 23.8. The first-order valence-electron chi connectivity index (χ1n) is 16.2. The van der Waals surface area contributed by atoms with Gasteiger partial charge in [-0.25, -0.2) is 15.0 Å². The number of rotatable bonds is 5. The van der Waals surface area contributed by atoms with Gasteiger partial charge in [0, 0.05) is 16.7 Å². The van der Waals surface area contributed by atoms with Crippen LogP contribution in [0.5, 0.6) is 0 Å². The zero-order chi connectivity index (χ0) is 31.9. The molecule has 3 nitrogen and oxygen atoms in total. The van der Waals surface area contributed by atoms with Gasteiger partial charge in [-0.15, -0.1) is 0 Å². The molecule has 8 aromatic carbocycles. The number of aromatic nitrogens is 3. The van der Waals surface area contributed by atoms with E-state index in [-0.39, 0.29) is 0 Å². The lowest BCUT2D eigenvalue weighted by molar-refractivity contribution is 1.08. The quantitative estimate of drug-likeness (QED) is 0.194. The average molecular weight is 612 g/mol. The predicted molar refractivity (Wildman–Crippen MR) is 200 cm³/mol. The molecule has 0 amide bonds. The van der Waals surface area contributed by atoms with Gasteiger partial charge in [-0.05, 0) is 66.7 Å². The fourth-order valence-electron chi connectivity index (χ4n) is 6.80. The molecule has 9 aromatic rings. The molecule has 0 aliphatic heterocycles. The van der Waals surface area contributed by atoms with E-state index < -0.39 is 0 Å². The summed E-state index contributed by atoms with van der Waals surface area (Å²) in [6.07, 6.45) is 0. The smallest absolute Gasteiger partial charge is 0.165 e. The van der Waals surface area contributed by atoms with Gasteiger partial charge in [-0.2, -0.15) is 0 Å². The lowest BCUT2D eigenvalue weighted by Crippen LogP contribution is -2.02. The van der Waals surface area contributed by atoms with Crippen LogP contribution in [0, 0.1) is 0 Å². The van der Waals surface area contributed by atoms with E-state index in [9.17, 15) is 0 Å². The van der Waals surface area contributed by atoms with Crippen LogP contribution in [0.1, 0.15) is 0 Å². The molecular formula is C45H29N3. The van der Waals surface area contributed by atoms with Crippen molar-refractivity contribution in [3.8, 4) is 56.4 Å². The molecule has 1 heterocycles. The molecular weight excluding hydrogens is 583 g/mol. The Morgan fingerprint density at radius 2 is 0.792 bits per heavy atom. The molecule has 0 fully saturated rings.